The summed E-state index contributed by atoms with van der Waals surface area (Å²) in [6.07, 6.45) is 2.57. The minimum atomic E-state index is -0.0289. The van der Waals surface area contributed by atoms with Gasteiger partial charge in [-0.2, -0.15) is 0 Å². The predicted molar refractivity (Wildman–Crippen MR) is 91.8 cm³/mol. The van der Waals surface area contributed by atoms with E-state index >= 15 is 0 Å². The van der Waals surface area contributed by atoms with Gasteiger partial charge in [0.25, 0.3) is 5.91 Å². The van der Waals surface area contributed by atoms with Gasteiger partial charge in [0.2, 0.25) is 5.01 Å². The number of ether oxygens (including phenoxy) is 1. The average molecular weight is 344 g/mol. The van der Waals surface area contributed by atoms with Crippen LogP contribution in [-0.4, -0.2) is 46.7 Å². The molecule has 2 N–H and O–H groups in total. The summed E-state index contributed by atoms with van der Waals surface area (Å²) in [5.74, 6) is -0.0289. The Labute approximate surface area is 144 Å². The van der Waals surface area contributed by atoms with Gasteiger partial charge in [0.1, 0.15) is 5.01 Å². The fourth-order valence-corrected chi connectivity index (χ4v) is 4.14. The van der Waals surface area contributed by atoms with Gasteiger partial charge in [0, 0.05) is 24.7 Å². The quantitative estimate of drug-likeness (QED) is 0.899. The van der Waals surface area contributed by atoms with E-state index in [9.17, 15) is 4.79 Å². The van der Waals surface area contributed by atoms with Gasteiger partial charge in [-0.25, -0.2) is 0 Å². The number of carbonyl (C=O) groups excluding carboxylic acids is 1. The van der Waals surface area contributed by atoms with Gasteiger partial charge in [-0.05, 0) is 30.4 Å². The average Bonchev–Trinajstić information content (AvgIpc) is 3.11. The first kappa shape index (κ1) is 15.7. The van der Waals surface area contributed by atoms with E-state index in [-0.39, 0.29) is 11.9 Å². The monoisotopic (exact) mass is 344 g/mol. The van der Waals surface area contributed by atoms with E-state index in [1.807, 2.05) is 11.0 Å². The molecular formula is C17H20N4O2S. The third kappa shape index (κ3) is 2.94. The van der Waals surface area contributed by atoms with Crippen molar-refractivity contribution < 1.29 is 9.53 Å². The molecule has 2 aliphatic rings. The molecule has 126 valence electrons. The maximum atomic E-state index is 12.6. The summed E-state index contributed by atoms with van der Waals surface area (Å²) < 4.78 is 5.51. The Bertz CT molecular complexity index is 753. The SMILES string of the molecule is NC1CCN(C(=O)c2nnc(-c3cccc4c3CCOC4)s2)CC1. The lowest BCUT2D eigenvalue weighted by Gasteiger charge is -2.29. The zero-order valence-electron chi connectivity index (χ0n) is 13.4. The summed E-state index contributed by atoms with van der Waals surface area (Å²) in [7, 11) is 0. The molecule has 0 spiro atoms. The second kappa shape index (κ2) is 6.58. The second-order valence-corrected chi connectivity index (χ2v) is 7.27. The van der Waals surface area contributed by atoms with E-state index < -0.39 is 0 Å². The van der Waals surface area contributed by atoms with Crippen molar-refractivity contribution >= 4 is 17.2 Å². The standard InChI is InChI=1S/C17H20N4O2S/c18-12-4-7-21(8-5-12)17(22)16-20-19-15(24-16)14-3-1-2-11-10-23-9-6-13(11)14/h1-3,12H,4-10,18H2. The molecule has 3 heterocycles. The molecule has 2 aromatic rings. The van der Waals surface area contributed by atoms with Crippen LogP contribution in [0.15, 0.2) is 18.2 Å². The highest BCUT2D eigenvalue weighted by atomic mass is 32.1. The number of rotatable bonds is 2. The number of carbonyl (C=O) groups is 1. The molecule has 1 aromatic heterocycles. The second-order valence-electron chi connectivity index (χ2n) is 6.29. The zero-order valence-corrected chi connectivity index (χ0v) is 14.2. The first-order valence-corrected chi connectivity index (χ1v) is 9.11. The fraction of sp³-hybridized carbons (Fsp3) is 0.471. The number of nitrogens with two attached hydrogens (primary N) is 1. The summed E-state index contributed by atoms with van der Waals surface area (Å²) >= 11 is 1.38. The Balaban J connectivity index is 1.58. The minimum absolute atomic E-state index is 0.0289. The molecule has 2 aliphatic heterocycles. The van der Waals surface area contributed by atoms with Crippen LogP contribution in [0.25, 0.3) is 10.6 Å². The van der Waals surface area contributed by atoms with Crippen LogP contribution < -0.4 is 5.73 Å². The van der Waals surface area contributed by atoms with Crippen LogP contribution in [0.4, 0.5) is 0 Å². The normalized spacial score (nSPS) is 18.5. The van der Waals surface area contributed by atoms with Gasteiger partial charge < -0.3 is 15.4 Å². The molecule has 7 heteroatoms. The molecular weight excluding hydrogens is 324 g/mol. The van der Waals surface area contributed by atoms with Crippen molar-refractivity contribution in [3.63, 3.8) is 0 Å². The van der Waals surface area contributed by atoms with Crippen molar-refractivity contribution in [1.29, 1.82) is 0 Å². The van der Waals surface area contributed by atoms with Crippen LogP contribution in [0, 0.1) is 0 Å². The number of fused-ring (bicyclic) bond motifs is 1. The van der Waals surface area contributed by atoms with Crippen LogP contribution >= 0.6 is 11.3 Å². The van der Waals surface area contributed by atoms with Gasteiger partial charge in [-0.3, -0.25) is 4.79 Å². The van der Waals surface area contributed by atoms with Crippen LogP contribution in [0.2, 0.25) is 0 Å². The molecule has 0 saturated carbocycles. The van der Waals surface area contributed by atoms with Crippen molar-refractivity contribution in [1.82, 2.24) is 15.1 Å². The number of hydrogen-bond acceptors (Lipinski definition) is 6. The summed E-state index contributed by atoms with van der Waals surface area (Å²) in [5, 5.41) is 9.71. The van der Waals surface area contributed by atoms with Crippen LogP contribution in [-0.2, 0) is 17.8 Å². The molecule has 6 nitrogen and oxygen atoms in total. The number of likely N-dealkylation sites (tertiary alicyclic amines) is 1. The van der Waals surface area contributed by atoms with E-state index in [1.165, 1.54) is 22.5 Å². The highest BCUT2D eigenvalue weighted by Crippen LogP contribution is 2.32. The Morgan fingerprint density at radius 3 is 2.96 bits per heavy atom. The van der Waals surface area contributed by atoms with Crippen LogP contribution in [0.3, 0.4) is 0 Å². The molecule has 0 aliphatic carbocycles. The smallest absolute Gasteiger partial charge is 0.284 e. The molecule has 1 saturated heterocycles. The molecule has 4 rings (SSSR count). The highest BCUT2D eigenvalue weighted by molar-refractivity contribution is 7.16. The van der Waals surface area contributed by atoms with Crippen molar-refractivity contribution in [3.8, 4) is 10.6 Å². The van der Waals surface area contributed by atoms with Crippen LogP contribution in [0.5, 0.6) is 0 Å². The summed E-state index contributed by atoms with van der Waals surface area (Å²) in [4.78, 5) is 14.4. The molecule has 0 unspecified atom stereocenters. The van der Waals surface area contributed by atoms with E-state index in [0.717, 1.165) is 36.4 Å². The lowest BCUT2D eigenvalue weighted by molar-refractivity contribution is 0.0713. The number of benzene rings is 1. The number of amides is 1. The van der Waals surface area contributed by atoms with Gasteiger partial charge in [0.15, 0.2) is 0 Å². The first-order chi connectivity index (χ1) is 11.7. The largest absolute Gasteiger partial charge is 0.376 e. The number of piperidine rings is 1. The Kier molecular flexibility index (Phi) is 4.30. The van der Waals surface area contributed by atoms with Gasteiger partial charge in [-0.15, -0.1) is 10.2 Å². The maximum Gasteiger partial charge on any atom is 0.284 e. The Hall–Kier alpha value is -1.83. The van der Waals surface area contributed by atoms with Gasteiger partial charge in [-0.1, -0.05) is 29.5 Å². The first-order valence-electron chi connectivity index (χ1n) is 8.29. The van der Waals surface area contributed by atoms with E-state index in [1.54, 1.807) is 0 Å². The van der Waals surface area contributed by atoms with Crippen molar-refractivity contribution in [3.05, 3.63) is 34.3 Å². The fourth-order valence-electron chi connectivity index (χ4n) is 3.28. The van der Waals surface area contributed by atoms with Crippen molar-refractivity contribution in [2.45, 2.75) is 31.9 Å². The van der Waals surface area contributed by atoms with Crippen LogP contribution in [0.1, 0.15) is 33.8 Å². The van der Waals surface area contributed by atoms with E-state index in [2.05, 4.69) is 22.3 Å². The predicted octanol–water partition coefficient (Wildman–Crippen LogP) is 1.84. The third-order valence-corrected chi connectivity index (χ3v) is 5.64. The molecule has 1 fully saturated rings. The molecule has 0 atom stereocenters. The molecule has 0 radical (unpaired) electrons. The molecule has 1 amide bonds. The van der Waals surface area contributed by atoms with E-state index in [0.29, 0.717) is 24.7 Å². The topological polar surface area (TPSA) is 81.3 Å². The third-order valence-electron chi connectivity index (χ3n) is 4.69. The van der Waals surface area contributed by atoms with E-state index in [4.69, 9.17) is 10.5 Å². The Morgan fingerprint density at radius 1 is 1.29 bits per heavy atom. The highest BCUT2D eigenvalue weighted by Gasteiger charge is 2.25. The summed E-state index contributed by atoms with van der Waals surface area (Å²) in [5.41, 5.74) is 9.45. The molecule has 24 heavy (non-hydrogen) atoms. The number of nitrogens with zero attached hydrogens (tertiary/aromatic N) is 3. The lowest BCUT2D eigenvalue weighted by Crippen LogP contribution is -2.42. The Morgan fingerprint density at radius 2 is 2.12 bits per heavy atom. The summed E-state index contributed by atoms with van der Waals surface area (Å²) in [6.45, 7) is 2.77. The summed E-state index contributed by atoms with van der Waals surface area (Å²) in [6, 6.07) is 6.36. The molecule has 1 aromatic carbocycles. The maximum absolute atomic E-state index is 12.6. The van der Waals surface area contributed by atoms with Crippen molar-refractivity contribution in [2.24, 2.45) is 5.73 Å². The van der Waals surface area contributed by atoms with Gasteiger partial charge in [0.05, 0.1) is 13.2 Å². The minimum Gasteiger partial charge on any atom is -0.376 e. The van der Waals surface area contributed by atoms with Crippen molar-refractivity contribution in [2.75, 3.05) is 19.7 Å². The number of aromatic nitrogens is 2. The number of hydrogen-bond donors (Lipinski definition) is 1. The lowest BCUT2D eigenvalue weighted by atomic mass is 9.98. The molecule has 0 bridgehead atoms. The zero-order chi connectivity index (χ0) is 16.5. The van der Waals surface area contributed by atoms with Gasteiger partial charge >= 0.3 is 0 Å².